The van der Waals surface area contributed by atoms with Gasteiger partial charge in [0, 0.05) is 24.9 Å². The fraction of sp³-hybridized carbons (Fsp3) is 0.909. The summed E-state index contributed by atoms with van der Waals surface area (Å²) in [5.41, 5.74) is 0. The lowest BCUT2D eigenvalue weighted by Gasteiger charge is -2.23. The topological polar surface area (TPSA) is 20.3 Å². The quantitative estimate of drug-likeness (QED) is 0.663. The van der Waals surface area contributed by atoms with Crippen LogP contribution in [-0.4, -0.2) is 29.3 Å². The standard InChI is InChI=1S/C11H20ClNO/c1-9(2)5-6-11(14)13-7-3-4-10(13)8-12/h9-10H,3-8H2,1-2H3. The summed E-state index contributed by atoms with van der Waals surface area (Å²) in [5.74, 6) is 1.49. The van der Waals surface area contributed by atoms with E-state index in [0.29, 0.717) is 30.2 Å². The zero-order valence-electron chi connectivity index (χ0n) is 9.13. The molecule has 0 aromatic carbocycles. The number of carbonyl (C=O) groups excluding carboxylic acids is 1. The average Bonchev–Trinajstić information content (AvgIpc) is 2.61. The van der Waals surface area contributed by atoms with Crippen LogP contribution in [0.4, 0.5) is 0 Å². The molecule has 1 heterocycles. The summed E-state index contributed by atoms with van der Waals surface area (Å²) in [4.78, 5) is 13.8. The molecule has 0 aromatic heterocycles. The van der Waals surface area contributed by atoms with Gasteiger partial charge in [-0.2, -0.15) is 0 Å². The minimum absolute atomic E-state index is 0.293. The maximum atomic E-state index is 11.8. The normalized spacial score (nSPS) is 22.0. The highest BCUT2D eigenvalue weighted by Gasteiger charge is 2.27. The molecule has 1 aliphatic heterocycles. The van der Waals surface area contributed by atoms with Gasteiger partial charge < -0.3 is 4.90 Å². The van der Waals surface area contributed by atoms with Gasteiger partial charge in [-0.25, -0.2) is 0 Å². The first-order valence-corrected chi connectivity index (χ1v) is 6.04. The van der Waals surface area contributed by atoms with Crippen LogP contribution in [0.5, 0.6) is 0 Å². The Kier molecular flexibility index (Phi) is 4.73. The van der Waals surface area contributed by atoms with E-state index in [-0.39, 0.29) is 0 Å². The lowest BCUT2D eigenvalue weighted by molar-refractivity contribution is -0.131. The Bertz CT molecular complexity index is 194. The highest BCUT2D eigenvalue weighted by Crippen LogP contribution is 2.20. The smallest absolute Gasteiger partial charge is 0.222 e. The molecular weight excluding hydrogens is 198 g/mol. The zero-order chi connectivity index (χ0) is 10.6. The van der Waals surface area contributed by atoms with Crippen LogP contribution < -0.4 is 0 Å². The van der Waals surface area contributed by atoms with Crippen LogP contribution >= 0.6 is 11.6 Å². The van der Waals surface area contributed by atoms with E-state index in [2.05, 4.69) is 13.8 Å². The van der Waals surface area contributed by atoms with E-state index >= 15 is 0 Å². The molecule has 1 rings (SSSR count). The number of rotatable bonds is 4. The molecule has 1 saturated heterocycles. The lowest BCUT2D eigenvalue weighted by Crippen LogP contribution is -2.36. The fourth-order valence-corrected chi connectivity index (χ4v) is 2.20. The number of halogens is 1. The van der Waals surface area contributed by atoms with Crippen molar-refractivity contribution in [1.82, 2.24) is 4.90 Å². The summed E-state index contributed by atoms with van der Waals surface area (Å²) in [6.45, 7) is 5.21. The van der Waals surface area contributed by atoms with Crippen LogP contribution in [-0.2, 0) is 4.79 Å². The van der Waals surface area contributed by atoms with Gasteiger partial charge in [-0.05, 0) is 25.2 Å². The Labute approximate surface area is 91.6 Å². The average molecular weight is 218 g/mol. The van der Waals surface area contributed by atoms with Crippen molar-refractivity contribution in [1.29, 1.82) is 0 Å². The van der Waals surface area contributed by atoms with E-state index in [4.69, 9.17) is 11.6 Å². The minimum atomic E-state index is 0.293. The largest absolute Gasteiger partial charge is 0.339 e. The van der Waals surface area contributed by atoms with Crippen LogP contribution in [0.3, 0.4) is 0 Å². The third-order valence-corrected chi connectivity index (χ3v) is 3.17. The number of nitrogens with zero attached hydrogens (tertiary/aromatic N) is 1. The molecule has 1 unspecified atom stereocenters. The molecule has 3 heteroatoms. The van der Waals surface area contributed by atoms with Crippen LogP contribution in [0.2, 0.25) is 0 Å². The first-order chi connectivity index (χ1) is 6.65. The summed E-state index contributed by atoms with van der Waals surface area (Å²) >= 11 is 5.82. The number of alkyl halides is 1. The summed E-state index contributed by atoms with van der Waals surface area (Å²) in [6.07, 6.45) is 3.87. The van der Waals surface area contributed by atoms with Crippen LogP contribution in [0, 0.1) is 5.92 Å². The zero-order valence-corrected chi connectivity index (χ0v) is 9.89. The molecule has 0 N–H and O–H groups in total. The summed E-state index contributed by atoms with van der Waals surface area (Å²) in [6, 6.07) is 0.302. The summed E-state index contributed by atoms with van der Waals surface area (Å²) < 4.78 is 0. The molecule has 0 aromatic rings. The minimum Gasteiger partial charge on any atom is -0.339 e. The van der Waals surface area contributed by atoms with Crippen molar-refractivity contribution in [2.24, 2.45) is 5.92 Å². The van der Waals surface area contributed by atoms with Gasteiger partial charge in [-0.1, -0.05) is 13.8 Å². The third-order valence-electron chi connectivity index (χ3n) is 2.81. The van der Waals surface area contributed by atoms with Crippen molar-refractivity contribution in [3.05, 3.63) is 0 Å². The third kappa shape index (κ3) is 3.16. The van der Waals surface area contributed by atoms with Crippen LogP contribution in [0.1, 0.15) is 39.5 Å². The Morgan fingerprint density at radius 2 is 2.29 bits per heavy atom. The maximum absolute atomic E-state index is 11.8. The molecule has 2 nitrogen and oxygen atoms in total. The van der Waals surface area contributed by atoms with Crippen LogP contribution in [0.15, 0.2) is 0 Å². The molecule has 0 spiro atoms. The van der Waals surface area contributed by atoms with E-state index in [1.165, 1.54) is 0 Å². The molecule has 1 fully saturated rings. The second kappa shape index (κ2) is 5.59. The monoisotopic (exact) mass is 217 g/mol. The second-order valence-corrected chi connectivity index (χ2v) is 4.78. The van der Waals surface area contributed by atoms with Gasteiger partial charge in [0.1, 0.15) is 0 Å². The van der Waals surface area contributed by atoms with Gasteiger partial charge in [0.05, 0.1) is 0 Å². The fourth-order valence-electron chi connectivity index (χ4n) is 1.88. The van der Waals surface area contributed by atoms with E-state index in [9.17, 15) is 4.79 Å². The molecule has 14 heavy (non-hydrogen) atoms. The van der Waals surface area contributed by atoms with Crippen molar-refractivity contribution in [3.63, 3.8) is 0 Å². The molecule has 0 aliphatic carbocycles. The number of carbonyl (C=O) groups is 1. The van der Waals surface area contributed by atoms with Crippen molar-refractivity contribution >= 4 is 17.5 Å². The van der Waals surface area contributed by atoms with Crippen molar-refractivity contribution in [2.75, 3.05) is 12.4 Å². The lowest BCUT2D eigenvalue weighted by atomic mass is 10.1. The summed E-state index contributed by atoms with van der Waals surface area (Å²) in [7, 11) is 0. The predicted molar refractivity (Wildman–Crippen MR) is 59.5 cm³/mol. The number of amides is 1. The molecule has 1 aliphatic rings. The van der Waals surface area contributed by atoms with E-state index in [1.807, 2.05) is 4.90 Å². The van der Waals surface area contributed by atoms with Gasteiger partial charge in [0.2, 0.25) is 5.91 Å². The summed E-state index contributed by atoms with van der Waals surface area (Å²) in [5, 5.41) is 0. The second-order valence-electron chi connectivity index (χ2n) is 4.47. The van der Waals surface area contributed by atoms with Crippen molar-refractivity contribution in [2.45, 2.75) is 45.6 Å². The number of hydrogen-bond donors (Lipinski definition) is 0. The van der Waals surface area contributed by atoms with Crippen molar-refractivity contribution in [3.8, 4) is 0 Å². The van der Waals surface area contributed by atoms with E-state index < -0.39 is 0 Å². The number of hydrogen-bond acceptors (Lipinski definition) is 1. The molecule has 1 atom stereocenters. The number of likely N-dealkylation sites (tertiary alicyclic amines) is 1. The van der Waals surface area contributed by atoms with Gasteiger partial charge in [0.15, 0.2) is 0 Å². The molecule has 1 amide bonds. The Morgan fingerprint density at radius 3 is 2.86 bits per heavy atom. The molecule has 82 valence electrons. The van der Waals surface area contributed by atoms with Crippen molar-refractivity contribution < 1.29 is 4.79 Å². The maximum Gasteiger partial charge on any atom is 0.222 e. The first kappa shape index (κ1) is 11.8. The molecular formula is C11H20ClNO. The van der Waals surface area contributed by atoms with Gasteiger partial charge in [0.25, 0.3) is 0 Å². The van der Waals surface area contributed by atoms with Gasteiger partial charge >= 0.3 is 0 Å². The van der Waals surface area contributed by atoms with E-state index in [1.54, 1.807) is 0 Å². The Morgan fingerprint density at radius 1 is 1.57 bits per heavy atom. The Balaban J connectivity index is 2.35. The first-order valence-electron chi connectivity index (χ1n) is 5.50. The van der Waals surface area contributed by atoms with Crippen LogP contribution in [0.25, 0.3) is 0 Å². The van der Waals surface area contributed by atoms with Gasteiger partial charge in [-0.15, -0.1) is 11.6 Å². The SMILES string of the molecule is CC(C)CCC(=O)N1CCCC1CCl. The van der Waals surface area contributed by atoms with Gasteiger partial charge in [-0.3, -0.25) is 4.79 Å². The molecule has 0 bridgehead atoms. The molecule has 0 saturated carbocycles. The highest BCUT2D eigenvalue weighted by molar-refractivity contribution is 6.18. The van der Waals surface area contributed by atoms with E-state index in [0.717, 1.165) is 25.8 Å². The molecule has 0 radical (unpaired) electrons. The highest BCUT2D eigenvalue weighted by atomic mass is 35.5. The Hall–Kier alpha value is -0.240. The predicted octanol–water partition coefficient (Wildman–Crippen LogP) is 2.65.